The lowest BCUT2D eigenvalue weighted by Gasteiger charge is -1.98. The summed E-state index contributed by atoms with van der Waals surface area (Å²) in [4.78, 5) is 26.6. The number of hydrogen-bond donors (Lipinski definition) is 1. The molecule has 3 aromatic heterocycles. The van der Waals surface area contributed by atoms with E-state index in [-0.39, 0.29) is 5.78 Å². The first kappa shape index (κ1) is 13.3. The van der Waals surface area contributed by atoms with Crippen LogP contribution < -0.4 is 0 Å². The number of nitrogens with zero attached hydrogens (tertiary/aromatic N) is 4. The average Bonchev–Trinajstić information content (AvgIpc) is 3.09. The Morgan fingerprint density at radius 3 is 3.09 bits per heavy atom. The first-order valence-corrected chi connectivity index (χ1v) is 7.86. The van der Waals surface area contributed by atoms with E-state index in [1.807, 2.05) is 13.0 Å². The second kappa shape index (κ2) is 5.10. The third-order valence-electron chi connectivity index (χ3n) is 3.65. The predicted octanol–water partition coefficient (Wildman–Crippen LogP) is 2.35. The summed E-state index contributed by atoms with van der Waals surface area (Å²) in [6, 6.07) is 1.88. The average molecular weight is 311 g/mol. The Morgan fingerprint density at radius 2 is 2.23 bits per heavy atom. The van der Waals surface area contributed by atoms with Crippen LogP contribution in [0.25, 0.3) is 11.3 Å². The second-order valence-corrected chi connectivity index (χ2v) is 6.42. The highest BCUT2D eigenvalue weighted by atomic mass is 32.1. The van der Waals surface area contributed by atoms with Gasteiger partial charge in [-0.3, -0.25) is 9.89 Å². The van der Waals surface area contributed by atoms with Crippen LogP contribution in [0.1, 0.15) is 38.3 Å². The summed E-state index contributed by atoms with van der Waals surface area (Å²) in [7, 11) is 0. The van der Waals surface area contributed by atoms with Gasteiger partial charge in [-0.05, 0) is 19.4 Å². The Morgan fingerprint density at radius 1 is 1.32 bits per heavy atom. The summed E-state index contributed by atoms with van der Waals surface area (Å²) >= 11 is 1.63. The van der Waals surface area contributed by atoms with Gasteiger partial charge in [0, 0.05) is 23.2 Å². The molecule has 7 heteroatoms. The summed E-state index contributed by atoms with van der Waals surface area (Å²) in [5.74, 6) is 0.869. The zero-order valence-corrected chi connectivity index (χ0v) is 12.8. The van der Waals surface area contributed by atoms with E-state index < -0.39 is 0 Å². The van der Waals surface area contributed by atoms with Crippen LogP contribution in [0, 0.1) is 6.92 Å². The third kappa shape index (κ3) is 2.23. The fraction of sp³-hybridized carbons (Fsp3) is 0.267. The zero-order valence-electron chi connectivity index (χ0n) is 12.0. The van der Waals surface area contributed by atoms with Gasteiger partial charge >= 0.3 is 0 Å². The maximum Gasteiger partial charge on any atom is 0.181 e. The minimum Gasteiger partial charge on any atom is -0.292 e. The monoisotopic (exact) mass is 311 g/mol. The van der Waals surface area contributed by atoms with Gasteiger partial charge in [0.05, 0.1) is 23.9 Å². The number of thiazole rings is 1. The Hall–Kier alpha value is -2.41. The van der Waals surface area contributed by atoms with E-state index in [9.17, 15) is 4.79 Å². The normalized spacial score (nSPS) is 13.6. The number of ketones is 1. The van der Waals surface area contributed by atoms with E-state index in [2.05, 4.69) is 20.2 Å². The number of aryl methyl sites for hydroxylation is 2. The first-order chi connectivity index (χ1) is 10.7. The maximum absolute atomic E-state index is 12.0. The van der Waals surface area contributed by atoms with Crippen molar-refractivity contribution in [1.82, 2.24) is 25.1 Å². The minimum atomic E-state index is 0.0984. The van der Waals surface area contributed by atoms with E-state index >= 15 is 0 Å². The molecule has 1 aliphatic carbocycles. The number of rotatable bonds is 2. The largest absolute Gasteiger partial charge is 0.292 e. The van der Waals surface area contributed by atoms with Gasteiger partial charge < -0.3 is 0 Å². The van der Waals surface area contributed by atoms with Gasteiger partial charge in [0.15, 0.2) is 5.78 Å². The molecule has 0 saturated heterocycles. The van der Waals surface area contributed by atoms with Crippen LogP contribution in [0.2, 0.25) is 0 Å². The molecule has 110 valence electrons. The van der Waals surface area contributed by atoms with Crippen LogP contribution in [-0.2, 0) is 12.8 Å². The smallest absolute Gasteiger partial charge is 0.181 e. The molecule has 0 fully saturated rings. The van der Waals surface area contributed by atoms with Crippen LogP contribution in [-0.4, -0.2) is 30.9 Å². The Kier molecular flexibility index (Phi) is 3.07. The van der Waals surface area contributed by atoms with E-state index in [1.165, 1.54) is 0 Å². The van der Waals surface area contributed by atoms with E-state index in [0.29, 0.717) is 18.5 Å². The molecule has 4 rings (SSSR count). The third-order valence-corrected chi connectivity index (χ3v) is 4.76. The fourth-order valence-corrected chi connectivity index (χ4v) is 3.69. The molecule has 0 atom stereocenters. The van der Waals surface area contributed by atoms with Gasteiger partial charge in [-0.25, -0.2) is 15.0 Å². The number of aromatic amines is 1. The highest BCUT2D eigenvalue weighted by Crippen LogP contribution is 2.34. The van der Waals surface area contributed by atoms with Crippen molar-refractivity contribution in [2.24, 2.45) is 0 Å². The molecule has 0 aromatic carbocycles. The van der Waals surface area contributed by atoms with Gasteiger partial charge in [0.25, 0.3) is 0 Å². The van der Waals surface area contributed by atoms with Crippen LogP contribution in [0.15, 0.2) is 18.5 Å². The molecule has 0 spiro atoms. The molecule has 0 saturated carbocycles. The Bertz CT molecular complexity index is 866. The summed E-state index contributed by atoms with van der Waals surface area (Å²) in [5, 5.41) is 7.76. The minimum absolute atomic E-state index is 0.0984. The quantitative estimate of drug-likeness (QED) is 0.785. The predicted molar refractivity (Wildman–Crippen MR) is 81.9 cm³/mol. The van der Waals surface area contributed by atoms with E-state index in [4.69, 9.17) is 4.98 Å². The van der Waals surface area contributed by atoms with Gasteiger partial charge in [-0.15, -0.1) is 11.3 Å². The number of carbonyl (C=O) groups is 1. The first-order valence-electron chi connectivity index (χ1n) is 7.05. The summed E-state index contributed by atoms with van der Waals surface area (Å²) < 4.78 is 0. The molecule has 0 unspecified atom stereocenters. The molecular formula is C15H13N5OS. The van der Waals surface area contributed by atoms with E-state index in [0.717, 1.165) is 39.1 Å². The standard InChI is InChI=1S/C15H13N5OS/c1-8-4-5-16-12(18-8)6-13-19-15-9-7-17-20-14(9)10(21)2-3-11(15)22-13/h4-5,7H,2-3,6H2,1H3,(H,17,20). The molecule has 3 heterocycles. The lowest BCUT2D eigenvalue weighted by molar-refractivity contribution is 0.0980. The lowest BCUT2D eigenvalue weighted by atomic mass is 10.1. The number of nitrogens with one attached hydrogen (secondary N) is 1. The molecular weight excluding hydrogens is 298 g/mol. The summed E-state index contributed by atoms with van der Waals surface area (Å²) in [6.07, 6.45) is 5.28. The van der Waals surface area contributed by atoms with Crippen molar-refractivity contribution in [3.05, 3.63) is 45.6 Å². The summed E-state index contributed by atoms with van der Waals surface area (Å²) in [5.41, 5.74) is 3.21. The zero-order chi connectivity index (χ0) is 15.1. The molecule has 0 amide bonds. The molecule has 0 aliphatic heterocycles. The highest BCUT2D eigenvalue weighted by Gasteiger charge is 2.25. The molecule has 1 N–H and O–H groups in total. The lowest BCUT2D eigenvalue weighted by Crippen LogP contribution is -2.00. The second-order valence-electron chi connectivity index (χ2n) is 5.25. The molecule has 22 heavy (non-hydrogen) atoms. The number of carbonyl (C=O) groups excluding carboxylic acids is 1. The van der Waals surface area contributed by atoms with Crippen molar-refractivity contribution in [2.75, 3.05) is 0 Å². The molecule has 3 aromatic rings. The van der Waals surface area contributed by atoms with Crippen molar-refractivity contribution in [1.29, 1.82) is 0 Å². The van der Waals surface area contributed by atoms with Crippen molar-refractivity contribution in [2.45, 2.75) is 26.2 Å². The SMILES string of the molecule is Cc1ccnc(Cc2nc3c(s2)CCC(=O)c2[nH]ncc2-3)n1. The number of fused-ring (bicyclic) bond motifs is 3. The highest BCUT2D eigenvalue weighted by molar-refractivity contribution is 7.12. The Labute approximate surface area is 130 Å². The van der Waals surface area contributed by atoms with Gasteiger partial charge in [0.1, 0.15) is 16.5 Å². The van der Waals surface area contributed by atoms with Crippen molar-refractivity contribution >= 4 is 17.1 Å². The van der Waals surface area contributed by atoms with Crippen LogP contribution in [0.4, 0.5) is 0 Å². The number of hydrogen-bond acceptors (Lipinski definition) is 6. The van der Waals surface area contributed by atoms with Crippen molar-refractivity contribution < 1.29 is 4.79 Å². The van der Waals surface area contributed by atoms with Crippen LogP contribution in [0.3, 0.4) is 0 Å². The van der Waals surface area contributed by atoms with Gasteiger partial charge in [0.2, 0.25) is 0 Å². The number of H-pyrrole nitrogens is 1. The van der Waals surface area contributed by atoms with E-state index in [1.54, 1.807) is 23.7 Å². The van der Waals surface area contributed by atoms with Gasteiger partial charge in [-0.2, -0.15) is 5.10 Å². The molecule has 0 bridgehead atoms. The van der Waals surface area contributed by atoms with Crippen LogP contribution >= 0.6 is 11.3 Å². The maximum atomic E-state index is 12.0. The van der Waals surface area contributed by atoms with Crippen molar-refractivity contribution in [3.8, 4) is 11.3 Å². The van der Waals surface area contributed by atoms with Gasteiger partial charge in [-0.1, -0.05) is 0 Å². The molecule has 1 aliphatic rings. The number of aromatic nitrogens is 5. The Balaban J connectivity index is 1.73. The fourth-order valence-electron chi connectivity index (χ4n) is 2.61. The number of Topliss-reactive ketones (excluding diaryl/α,β-unsaturated/α-hetero) is 1. The molecule has 6 nitrogen and oxygen atoms in total. The van der Waals surface area contributed by atoms with Crippen LogP contribution in [0.5, 0.6) is 0 Å². The topological polar surface area (TPSA) is 84.4 Å². The van der Waals surface area contributed by atoms with Crippen molar-refractivity contribution in [3.63, 3.8) is 0 Å². The molecule has 0 radical (unpaired) electrons. The summed E-state index contributed by atoms with van der Waals surface area (Å²) in [6.45, 7) is 1.95.